The lowest BCUT2D eigenvalue weighted by Gasteiger charge is -2.42. The number of imidazole rings is 6. The summed E-state index contributed by atoms with van der Waals surface area (Å²) < 4.78 is 115. The van der Waals surface area contributed by atoms with Crippen molar-refractivity contribution in [2.45, 2.75) is 187 Å². The molecule has 0 aliphatic carbocycles. The topological polar surface area (TPSA) is 1020 Å². The predicted octanol–water partition coefficient (Wildman–Crippen LogP) is -2.98. The average molecular weight is 2290 g/mol. The van der Waals surface area contributed by atoms with Crippen LogP contribution in [0, 0.1) is 5.92 Å². The van der Waals surface area contributed by atoms with Crippen LogP contribution in [0.4, 0.5) is 34.9 Å². The molecule has 0 saturated carbocycles. The Labute approximate surface area is 859 Å². The molecule has 9 aliphatic heterocycles. The first-order valence-electron chi connectivity index (χ1n) is 43.2. The van der Waals surface area contributed by atoms with E-state index in [1.54, 1.807) is 9.13 Å². The molecular formula is C69H114N42O24P6S5Si-2. The summed E-state index contributed by atoms with van der Waals surface area (Å²) in [5.41, 5.74) is 48.5. The van der Waals surface area contributed by atoms with Crippen molar-refractivity contribution in [2.24, 2.45) is 17.4 Å². The summed E-state index contributed by atoms with van der Waals surface area (Å²) in [7, 11) is -4.23. The quantitative estimate of drug-likeness (QED) is 0.0410. The zero-order valence-electron chi connectivity index (χ0n) is 79.0. The molecule has 12 aromatic heterocycles. The Morgan fingerprint density at radius 2 is 0.619 bits per heavy atom. The highest BCUT2D eigenvalue weighted by Gasteiger charge is 2.58. The van der Waals surface area contributed by atoms with Gasteiger partial charge in [-0.3, -0.25) is 42.1 Å². The fraction of sp³-hybridized carbons (Fsp3) is 0.565. The van der Waals surface area contributed by atoms with Crippen molar-refractivity contribution in [1.29, 1.82) is 0 Å². The lowest BCUT2D eigenvalue weighted by atomic mass is 10.00. The van der Waals surface area contributed by atoms with Crippen molar-refractivity contribution in [1.82, 2.24) is 172 Å². The van der Waals surface area contributed by atoms with E-state index in [4.69, 9.17) is 154 Å². The number of nitrogens with one attached hydrogen (secondary N) is 6. The first-order valence-corrected chi connectivity index (χ1v) is 61.0. The Kier molecular flexibility index (Phi) is 36.1. The van der Waals surface area contributed by atoms with Crippen molar-refractivity contribution in [3.05, 3.63) is 75.9 Å². The smallest absolute Gasteiger partial charge is 0.403 e. The van der Waals surface area contributed by atoms with E-state index in [-0.39, 0.29) is 113 Å². The van der Waals surface area contributed by atoms with Gasteiger partial charge in [-0.25, -0.2) is 115 Å². The largest absolute Gasteiger partial charge is 0.789 e. The van der Waals surface area contributed by atoms with Gasteiger partial charge in [0.2, 0.25) is 0 Å². The van der Waals surface area contributed by atoms with Crippen LogP contribution in [-0.2, 0) is 129 Å². The molecule has 147 heavy (non-hydrogen) atoms. The molecule has 21 rings (SSSR count). The second kappa shape index (κ2) is 45.6. The van der Waals surface area contributed by atoms with E-state index in [2.05, 4.69) is 166 Å². The van der Waals surface area contributed by atoms with Crippen LogP contribution in [0.1, 0.15) is 65.1 Å². The Hall–Kier alpha value is -7.63. The molecule has 0 spiro atoms. The highest BCUT2D eigenvalue weighted by atomic mass is 32.7. The van der Waals surface area contributed by atoms with Crippen LogP contribution in [-0.4, -0.2) is 323 Å². The van der Waals surface area contributed by atoms with Crippen LogP contribution in [0.3, 0.4) is 0 Å². The summed E-state index contributed by atoms with van der Waals surface area (Å²) in [4.78, 5) is 133. The van der Waals surface area contributed by atoms with Gasteiger partial charge in [0.15, 0.2) is 108 Å². The maximum absolute atomic E-state index is 14.2. The zero-order chi connectivity index (χ0) is 103. The molecular weight excluding hydrogens is 2180 g/mol. The molecule has 30 atom stereocenters. The molecule has 66 nitrogen and oxygen atoms in total. The predicted molar refractivity (Wildman–Crippen MR) is 543 cm³/mol. The SMILES string of the molecule is CN.CN.C[C@@H]1[C@@H]2NP([O-])(=S)OC[C@H]3O[C@@H](n4cnc5c(N)ncnc54)[C@H](O[Si](C)(C)C(C)(C)C)[C@@H]3NP(=O)([S-])OC[C@H]2O[C@H]1n1cnc2c(N)ncnc21.N.N.N.N.Nc1ncnc2c1ncn2[C@@H]1O[C@@H]2COP(O)(=S)N[C@H]3[C@@H](O)[C@H](n4cnc5c(N)ncnc54)O[C@@H]3COP(=O)(O)N[C@H]2[C@H]1O.Nc1ncnc2c1ncn2[C@@H]1O[C@@H]2COP(O)(=S)N[C@H]3[C@@H](O)[C@H](n4cnc5c(N)ncnc54)O[C@@H]3COP(O)(=S)N[C@H]2[C@H]1O. The Morgan fingerprint density at radius 3 is 0.925 bits per heavy atom. The summed E-state index contributed by atoms with van der Waals surface area (Å²) >= 11 is 27.2. The summed E-state index contributed by atoms with van der Waals surface area (Å²) in [6.45, 7) is -9.49. The standard InChI is InChI=1S/C27H42N12O7P2S2Si.C20H26N12O9P2S.C20H26N12O8P2S2.2CH5N.4H3N/c1-13-16-14(44-25(13)38-11-34-18-21(28)30-9-32-23(18)38)7-42-48(41,50)37-17-15(8-43-47(40,49)36-16)45-26(20(17)46-51(5,6)27(2,3)4)39-12-35-19-22(29)31-10-33-24(19)39;21-15-11-17(25-3-23-15)31(5-27-11)19-13(33)9-8(41-19)2-39-43(37,44)30-10-7(1-38-42(35,36)29-9)40-20(14(10)34)32-6-28-12-16(22)24-4-26-18(12)32;21-15-11-17(25-3-23-15)31(5-27-11)19-13(33)9-7(39-19)1-37-41(35,43)30-10-8(2-38-42(36,44)29-9)40-20(14(10)34)32-6-28-12-16(22)24-4-26-18(12)32;2*1-2;;;;/h9-17,20,25-26H,7-8H2,1-6H3,(H2,28,30,32)(H2,29,31,33)(H2,36,40,49)(H2,37,41,50);3-10,13-14,19-20,33-34H,1-2H2,(H2,21,23,25)(H2,22,24,26)(H2,29,35,36)(H2,30,37,44);3-10,13-14,19-20,33-34H,1-2H2,(H2,21,23,25)(H2,22,24,26)(H2,29,36,44)(H2,30,35,43);2*2H2,1H3;4*1H3/p-2/t13-,14-,15-,16+,17-,20-,25-,26-,47?,48?;7-,8-,9-,10-,13-,14-,19-,20-,43?;7-,8-,9-,10-,13-,14-,19-,20-,41?,42?;;;;;;/m111....../s1. The number of nitrogen functional groups attached to an aromatic ring is 6. The van der Waals surface area contributed by atoms with E-state index < -0.39 is 209 Å². The third kappa shape index (κ3) is 23.6. The van der Waals surface area contributed by atoms with Crippen molar-refractivity contribution >= 4 is 211 Å². The van der Waals surface area contributed by atoms with Crippen LogP contribution in [0.25, 0.3) is 67.0 Å². The average Bonchev–Trinajstić information content (AvgIpc) is 1.61. The number of nitrogens with two attached hydrogens (primary N) is 8. The molecule has 6 unspecified atom stereocenters. The first-order chi connectivity index (χ1) is 67.7. The van der Waals surface area contributed by atoms with Crippen LogP contribution in [0.5, 0.6) is 0 Å². The molecule has 0 radical (unpaired) electrons. The van der Waals surface area contributed by atoms with E-state index in [0.717, 1.165) is 0 Å². The van der Waals surface area contributed by atoms with E-state index in [0.29, 0.717) is 44.7 Å². The van der Waals surface area contributed by atoms with Crippen molar-refractivity contribution in [3.8, 4) is 0 Å². The summed E-state index contributed by atoms with van der Waals surface area (Å²) in [6.07, 6.45) is -2.40. The molecule has 9 aliphatic rings. The molecule has 9 saturated heterocycles. The van der Waals surface area contributed by atoms with Gasteiger partial charge in [0.05, 0.1) is 121 Å². The van der Waals surface area contributed by atoms with Gasteiger partial charge in [0.1, 0.15) is 145 Å². The van der Waals surface area contributed by atoms with Crippen LogP contribution in [0.15, 0.2) is 75.9 Å². The molecule has 78 heteroatoms. The van der Waals surface area contributed by atoms with E-state index in [9.17, 15) is 54.0 Å². The normalized spacial score (nSPS) is 35.3. The summed E-state index contributed by atoms with van der Waals surface area (Å²) in [5.74, 6) is 0.493. The number of fused-ring (bicyclic) bond motifs is 12. The lowest BCUT2D eigenvalue weighted by Crippen LogP contribution is -2.53. The minimum Gasteiger partial charge on any atom is -0.789 e. The van der Waals surface area contributed by atoms with E-state index in [1.165, 1.54) is 108 Å². The number of nitrogens with zero attached hydrogens (tertiary/aromatic N) is 24. The van der Waals surface area contributed by atoms with Gasteiger partial charge < -0.3 is 188 Å². The number of aromatic nitrogens is 24. The number of aliphatic hydroxyl groups is 4. The molecule has 0 bridgehead atoms. The molecule has 21 heterocycles. The fourth-order valence-electron chi connectivity index (χ4n) is 17.3. The van der Waals surface area contributed by atoms with Crippen LogP contribution in [0.2, 0.25) is 18.1 Å². The van der Waals surface area contributed by atoms with Gasteiger partial charge in [0.25, 0.3) is 19.9 Å². The Morgan fingerprint density at radius 1 is 0.374 bits per heavy atom. The number of hydrogen-bond donors (Lipinski definition) is 26. The molecule has 0 aromatic carbocycles. The number of ether oxygens (including phenoxy) is 6. The zero-order valence-corrected chi connectivity index (χ0v) is 89.5. The van der Waals surface area contributed by atoms with E-state index >= 15 is 0 Å². The molecule has 12 aromatic rings. The van der Waals surface area contributed by atoms with Gasteiger partial charge in [0, 0.05) is 12.0 Å². The third-order valence-electron chi connectivity index (χ3n) is 25.1. The van der Waals surface area contributed by atoms with Crippen molar-refractivity contribution in [2.75, 3.05) is 88.1 Å². The maximum Gasteiger partial charge on any atom is 0.403 e. The van der Waals surface area contributed by atoms with Gasteiger partial charge in [-0.1, -0.05) is 39.5 Å². The summed E-state index contributed by atoms with van der Waals surface area (Å²) in [5, 5.41) is 61.7. The number of anilines is 6. The Bertz CT molecular complexity index is 6480. The molecule has 810 valence electrons. The van der Waals surface area contributed by atoms with Crippen LogP contribution < -0.4 is 106 Å². The second-order valence-electron chi connectivity index (χ2n) is 34.8. The highest BCUT2D eigenvalue weighted by Crippen LogP contribution is 2.55. The van der Waals surface area contributed by atoms with Gasteiger partial charge >= 0.3 is 7.75 Å². The number of aliphatic hydroxyl groups excluding tert-OH is 4. The number of rotatable bonds is 8. The van der Waals surface area contributed by atoms with Crippen LogP contribution >= 0.6 is 41.0 Å². The van der Waals surface area contributed by atoms with Gasteiger partial charge in [-0.15, -0.1) is 0 Å². The van der Waals surface area contributed by atoms with Crippen molar-refractivity contribution < 1.29 is 114 Å². The molecule has 42 N–H and O–H groups in total. The minimum atomic E-state index is -4.67. The first kappa shape index (κ1) is 116. The maximum atomic E-state index is 14.2. The summed E-state index contributed by atoms with van der Waals surface area (Å²) in [6, 6.07) is -6.08. The Balaban J connectivity index is 0.000000179. The fourth-order valence-corrected chi connectivity index (χ4v) is 28.1. The minimum absolute atomic E-state index is 0. The number of hydrogen-bond acceptors (Lipinski definition) is 55. The van der Waals surface area contributed by atoms with E-state index in [1.807, 2.05) is 6.92 Å². The highest BCUT2D eigenvalue weighted by molar-refractivity contribution is 8.33. The van der Waals surface area contributed by atoms with Gasteiger partial charge in [-0.2, -0.15) is 0 Å². The molecule has 9 fully saturated rings. The third-order valence-corrected chi connectivity index (χ3v) is 39.5. The lowest BCUT2D eigenvalue weighted by molar-refractivity contribution is -0.189. The monoisotopic (exact) mass is 2290 g/mol. The molecule has 0 amide bonds. The second-order valence-corrected chi connectivity index (χ2v) is 56.2. The van der Waals surface area contributed by atoms with Gasteiger partial charge in [-0.05, 0) is 67.6 Å². The van der Waals surface area contributed by atoms with Crippen molar-refractivity contribution in [3.63, 3.8) is 0 Å².